The van der Waals surface area contributed by atoms with Crippen LogP contribution < -0.4 is 0 Å². The molecule has 0 saturated heterocycles. The third kappa shape index (κ3) is 2.31. The van der Waals surface area contributed by atoms with Gasteiger partial charge < -0.3 is 4.74 Å². The molecule has 0 aliphatic carbocycles. The van der Waals surface area contributed by atoms with E-state index < -0.39 is 6.10 Å². The van der Waals surface area contributed by atoms with Gasteiger partial charge in [0.25, 0.3) is 0 Å². The third-order valence-electron chi connectivity index (χ3n) is 2.90. The van der Waals surface area contributed by atoms with E-state index in [4.69, 9.17) is 4.74 Å². The van der Waals surface area contributed by atoms with Gasteiger partial charge in [0, 0.05) is 15.6 Å². The normalized spacial score (nSPS) is 17.1. The average Bonchev–Trinajstić information content (AvgIpc) is 2.46. The van der Waals surface area contributed by atoms with E-state index in [1.807, 2.05) is 48.5 Å². The Morgan fingerprint density at radius 1 is 1.16 bits per heavy atom. The van der Waals surface area contributed by atoms with Crippen molar-refractivity contribution in [3.8, 4) is 0 Å². The summed E-state index contributed by atoms with van der Waals surface area (Å²) in [4.78, 5) is 15.6. The standard InChI is InChI=1S/C15H10BrNO2/c16-11-5-3-4-10(8-11)15-17-13-7-2-1-6-12(13)14(9-18)19-15/h1-9,14H. The fraction of sp³-hybridized carbons (Fsp3) is 0.0667. The molecule has 94 valence electrons. The highest BCUT2D eigenvalue weighted by Gasteiger charge is 2.23. The van der Waals surface area contributed by atoms with Gasteiger partial charge in [-0.15, -0.1) is 0 Å². The smallest absolute Gasteiger partial charge is 0.222 e. The van der Waals surface area contributed by atoms with E-state index in [1.54, 1.807) is 0 Å². The lowest BCUT2D eigenvalue weighted by Crippen LogP contribution is -2.17. The van der Waals surface area contributed by atoms with E-state index in [0.717, 1.165) is 27.6 Å². The van der Waals surface area contributed by atoms with Crippen molar-refractivity contribution in [2.24, 2.45) is 4.99 Å². The maximum Gasteiger partial charge on any atom is 0.222 e. The molecular formula is C15H10BrNO2. The second-order valence-electron chi connectivity index (χ2n) is 4.16. The molecule has 3 rings (SSSR count). The largest absolute Gasteiger partial charge is 0.461 e. The zero-order valence-corrected chi connectivity index (χ0v) is 11.5. The first-order valence-corrected chi connectivity index (χ1v) is 6.63. The van der Waals surface area contributed by atoms with E-state index >= 15 is 0 Å². The lowest BCUT2D eigenvalue weighted by atomic mass is 10.1. The molecule has 2 aromatic rings. The molecule has 1 heterocycles. The van der Waals surface area contributed by atoms with Crippen molar-refractivity contribution >= 4 is 33.8 Å². The number of hydrogen-bond donors (Lipinski definition) is 0. The topological polar surface area (TPSA) is 38.7 Å². The summed E-state index contributed by atoms with van der Waals surface area (Å²) in [6, 6.07) is 15.2. The number of aldehydes is 1. The fourth-order valence-corrected chi connectivity index (χ4v) is 2.40. The lowest BCUT2D eigenvalue weighted by Gasteiger charge is -2.22. The minimum Gasteiger partial charge on any atom is -0.461 e. The van der Waals surface area contributed by atoms with Crippen molar-refractivity contribution in [2.45, 2.75) is 6.10 Å². The fourth-order valence-electron chi connectivity index (χ4n) is 2.00. The SMILES string of the molecule is O=CC1OC(c2cccc(Br)c2)=Nc2ccccc21. The zero-order chi connectivity index (χ0) is 13.2. The number of ether oxygens (including phenoxy) is 1. The van der Waals surface area contributed by atoms with Crippen molar-refractivity contribution in [2.75, 3.05) is 0 Å². The quantitative estimate of drug-likeness (QED) is 0.791. The summed E-state index contributed by atoms with van der Waals surface area (Å²) in [5, 5.41) is 0. The van der Waals surface area contributed by atoms with Crippen molar-refractivity contribution in [3.63, 3.8) is 0 Å². The van der Waals surface area contributed by atoms with Gasteiger partial charge in [-0.1, -0.05) is 40.2 Å². The predicted octanol–water partition coefficient (Wildman–Crippen LogP) is 3.80. The first-order chi connectivity index (χ1) is 9.28. The van der Waals surface area contributed by atoms with Gasteiger partial charge in [0.05, 0.1) is 5.69 Å². The number of hydrogen-bond acceptors (Lipinski definition) is 3. The van der Waals surface area contributed by atoms with Gasteiger partial charge in [-0.25, -0.2) is 4.99 Å². The molecule has 1 aliphatic heterocycles. The maximum absolute atomic E-state index is 11.2. The summed E-state index contributed by atoms with van der Waals surface area (Å²) in [5.74, 6) is 0.470. The van der Waals surface area contributed by atoms with Crippen LogP contribution in [0.15, 0.2) is 58.0 Å². The van der Waals surface area contributed by atoms with Crippen LogP contribution in [0.5, 0.6) is 0 Å². The number of halogens is 1. The van der Waals surface area contributed by atoms with Gasteiger partial charge in [0.2, 0.25) is 5.90 Å². The molecule has 2 aromatic carbocycles. The number of para-hydroxylation sites is 1. The van der Waals surface area contributed by atoms with Crippen molar-refractivity contribution < 1.29 is 9.53 Å². The number of rotatable bonds is 2. The van der Waals surface area contributed by atoms with Crippen LogP contribution in [0, 0.1) is 0 Å². The van der Waals surface area contributed by atoms with Gasteiger partial charge >= 0.3 is 0 Å². The van der Waals surface area contributed by atoms with Gasteiger partial charge in [-0.3, -0.25) is 4.79 Å². The van der Waals surface area contributed by atoms with E-state index in [0.29, 0.717) is 5.90 Å². The van der Waals surface area contributed by atoms with Crippen LogP contribution in [0.3, 0.4) is 0 Å². The van der Waals surface area contributed by atoms with Crippen LogP contribution in [0.25, 0.3) is 0 Å². The highest BCUT2D eigenvalue weighted by Crippen LogP contribution is 2.33. The van der Waals surface area contributed by atoms with E-state index in [2.05, 4.69) is 20.9 Å². The molecule has 1 atom stereocenters. The molecule has 19 heavy (non-hydrogen) atoms. The highest BCUT2D eigenvalue weighted by molar-refractivity contribution is 9.10. The third-order valence-corrected chi connectivity index (χ3v) is 3.39. The van der Waals surface area contributed by atoms with Crippen molar-refractivity contribution in [3.05, 3.63) is 64.1 Å². The summed E-state index contributed by atoms with van der Waals surface area (Å²) < 4.78 is 6.61. The number of benzene rings is 2. The molecule has 1 aliphatic rings. The molecule has 4 heteroatoms. The molecule has 0 amide bonds. The number of nitrogens with zero attached hydrogens (tertiary/aromatic N) is 1. The van der Waals surface area contributed by atoms with Gasteiger partial charge in [0.15, 0.2) is 12.4 Å². The number of fused-ring (bicyclic) bond motifs is 1. The Kier molecular flexibility index (Phi) is 3.17. The zero-order valence-electron chi connectivity index (χ0n) is 9.92. The summed E-state index contributed by atoms with van der Waals surface area (Å²) in [7, 11) is 0. The number of carbonyl (C=O) groups is 1. The first kappa shape index (κ1) is 12.1. The van der Waals surface area contributed by atoms with Gasteiger partial charge in [0.1, 0.15) is 0 Å². The predicted molar refractivity (Wildman–Crippen MR) is 76.7 cm³/mol. The van der Waals surface area contributed by atoms with Crippen LogP contribution in [0.4, 0.5) is 5.69 Å². The Hall–Kier alpha value is -1.94. The molecule has 0 aromatic heterocycles. The van der Waals surface area contributed by atoms with E-state index in [9.17, 15) is 4.79 Å². The molecule has 0 saturated carbocycles. The summed E-state index contributed by atoms with van der Waals surface area (Å²) >= 11 is 3.41. The Morgan fingerprint density at radius 2 is 2.00 bits per heavy atom. The molecule has 0 spiro atoms. The average molecular weight is 316 g/mol. The highest BCUT2D eigenvalue weighted by atomic mass is 79.9. The summed E-state index contributed by atoms with van der Waals surface area (Å²) in [5.41, 5.74) is 2.42. The number of carbonyl (C=O) groups excluding carboxylic acids is 1. The molecule has 0 bridgehead atoms. The van der Waals surface area contributed by atoms with Gasteiger partial charge in [-0.2, -0.15) is 0 Å². The van der Waals surface area contributed by atoms with Gasteiger partial charge in [-0.05, 0) is 24.3 Å². The Balaban J connectivity index is 2.10. The Bertz CT molecular complexity index is 667. The molecule has 1 unspecified atom stereocenters. The van der Waals surface area contributed by atoms with E-state index in [-0.39, 0.29) is 0 Å². The summed E-state index contributed by atoms with van der Waals surface area (Å²) in [6.07, 6.45) is 0.202. The lowest BCUT2D eigenvalue weighted by molar-refractivity contribution is -0.114. The monoisotopic (exact) mass is 315 g/mol. The Morgan fingerprint density at radius 3 is 2.79 bits per heavy atom. The molecular weight excluding hydrogens is 306 g/mol. The Labute approximate surface area is 119 Å². The molecule has 0 fully saturated rings. The van der Waals surface area contributed by atoms with Crippen molar-refractivity contribution in [1.82, 2.24) is 0 Å². The van der Waals surface area contributed by atoms with Crippen LogP contribution in [0.1, 0.15) is 17.2 Å². The van der Waals surface area contributed by atoms with Crippen LogP contribution in [-0.4, -0.2) is 12.2 Å². The van der Waals surface area contributed by atoms with Crippen LogP contribution >= 0.6 is 15.9 Å². The minimum absolute atomic E-state index is 0.470. The summed E-state index contributed by atoms with van der Waals surface area (Å²) in [6.45, 7) is 0. The second-order valence-corrected chi connectivity index (χ2v) is 5.08. The molecule has 3 nitrogen and oxygen atoms in total. The van der Waals surface area contributed by atoms with Crippen LogP contribution in [-0.2, 0) is 9.53 Å². The first-order valence-electron chi connectivity index (χ1n) is 5.83. The number of aliphatic imine (C=N–C) groups is 1. The van der Waals surface area contributed by atoms with E-state index in [1.165, 1.54) is 0 Å². The second kappa shape index (κ2) is 4.97. The maximum atomic E-state index is 11.2. The van der Waals surface area contributed by atoms with Crippen LogP contribution in [0.2, 0.25) is 0 Å². The van der Waals surface area contributed by atoms with Crippen molar-refractivity contribution in [1.29, 1.82) is 0 Å². The molecule has 0 N–H and O–H groups in total. The molecule has 0 radical (unpaired) electrons. The minimum atomic E-state index is -0.595.